The molecule has 0 radical (unpaired) electrons. The van der Waals surface area contributed by atoms with Crippen LogP contribution in [0.2, 0.25) is 5.02 Å². The lowest BCUT2D eigenvalue weighted by Gasteiger charge is -2.65. The van der Waals surface area contributed by atoms with Gasteiger partial charge in [0.1, 0.15) is 5.52 Å². The Hall–Kier alpha value is -2.98. The Morgan fingerprint density at radius 1 is 1.24 bits per heavy atom. The van der Waals surface area contributed by atoms with Gasteiger partial charge in [-0.2, -0.15) is 5.26 Å². The van der Waals surface area contributed by atoms with Crippen LogP contribution in [-0.2, 0) is 4.79 Å². The van der Waals surface area contributed by atoms with E-state index in [1.807, 2.05) is 6.07 Å². The van der Waals surface area contributed by atoms with Crippen LogP contribution in [-0.4, -0.2) is 20.9 Å². The van der Waals surface area contributed by atoms with Crippen molar-refractivity contribution in [2.24, 2.45) is 10.8 Å². The van der Waals surface area contributed by atoms with Gasteiger partial charge in [0, 0.05) is 11.5 Å². The first kappa shape index (κ1) is 16.9. The minimum absolute atomic E-state index is 0.0783. The summed E-state index contributed by atoms with van der Waals surface area (Å²) in [5.74, 6) is 1.51. The van der Waals surface area contributed by atoms with Crippen molar-refractivity contribution in [3.05, 3.63) is 35.4 Å². The molecule has 4 fully saturated rings. The number of nitrogens with zero attached hydrogens (tertiary/aromatic N) is 4. The standard InChI is InChI=1S/C21H16ClN5O2/c22-13-4-14-16(29-18(26-14)11-1-2-11)3-12(13)15-5-25-17(6-24-15)27-19(28)21-7-20(8-21,9-21)10-23/h3-6,11H,1-2,7-9H2,(H,25,27,28). The third-order valence-electron chi connectivity index (χ3n) is 6.34. The van der Waals surface area contributed by atoms with Crippen molar-refractivity contribution < 1.29 is 9.21 Å². The van der Waals surface area contributed by atoms with E-state index < -0.39 is 5.41 Å². The second-order valence-electron chi connectivity index (χ2n) is 8.57. The van der Waals surface area contributed by atoms with Crippen LogP contribution in [0.1, 0.15) is 43.9 Å². The van der Waals surface area contributed by atoms with Crippen molar-refractivity contribution >= 4 is 34.4 Å². The molecule has 1 amide bonds. The van der Waals surface area contributed by atoms with E-state index >= 15 is 0 Å². The van der Waals surface area contributed by atoms with Crippen LogP contribution in [0.15, 0.2) is 28.9 Å². The summed E-state index contributed by atoms with van der Waals surface area (Å²) in [7, 11) is 0. The zero-order valence-electron chi connectivity index (χ0n) is 15.4. The first-order chi connectivity index (χ1) is 14.0. The Morgan fingerprint density at radius 2 is 2.03 bits per heavy atom. The normalized spacial score (nSPS) is 27.0. The van der Waals surface area contributed by atoms with E-state index in [2.05, 4.69) is 26.3 Å². The number of nitriles is 1. The fraction of sp³-hybridized carbons (Fsp3) is 0.381. The number of aromatic nitrogens is 3. The van der Waals surface area contributed by atoms with Crippen LogP contribution in [0.25, 0.3) is 22.4 Å². The third-order valence-corrected chi connectivity index (χ3v) is 6.65. The average Bonchev–Trinajstić information content (AvgIpc) is 3.41. The zero-order chi connectivity index (χ0) is 19.8. The fourth-order valence-corrected chi connectivity index (χ4v) is 4.85. The molecule has 0 unspecified atom stereocenters. The van der Waals surface area contributed by atoms with Crippen LogP contribution < -0.4 is 5.32 Å². The van der Waals surface area contributed by atoms with Crippen LogP contribution in [0.4, 0.5) is 5.82 Å². The van der Waals surface area contributed by atoms with Gasteiger partial charge in [0.05, 0.1) is 40.0 Å². The maximum atomic E-state index is 12.5. The van der Waals surface area contributed by atoms with Gasteiger partial charge in [-0.1, -0.05) is 11.6 Å². The van der Waals surface area contributed by atoms with E-state index in [0.717, 1.165) is 24.2 Å². The van der Waals surface area contributed by atoms with Crippen LogP contribution in [0.3, 0.4) is 0 Å². The summed E-state index contributed by atoms with van der Waals surface area (Å²) in [5, 5.41) is 12.5. The summed E-state index contributed by atoms with van der Waals surface area (Å²) in [6, 6.07) is 5.93. The predicted molar refractivity (Wildman–Crippen MR) is 105 cm³/mol. The molecule has 0 saturated heterocycles. The van der Waals surface area contributed by atoms with Gasteiger partial charge in [-0.15, -0.1) is 0 Å². The molecule has 2 heterocycles. The minimum Gasteiger partial charge on any atom is -0.440 e. The molecular formula is C21H16ClN5O2. The van der Waals surface area contributed by atoms with Gasteiger partial charge >= 0.3 is 0 Å². The van der Waals surface area contributed by atoms with E-state index in [1.54, 1.807) is 12.3 Å². The van der Waals surface area contributed by atoms with Crippen molar-refractivity contribution in [3.8, 4) is 17.3 Å². The van der Waals surface area contributed by atoms with E-state index in [1.165, 1.54) is 6.20 Å². The first-order valence-corrected chi connectivity index (χ1v) is 10.0. The number of carbonyl (C=O) groups excluding carboxylic acids is 1. The molecule has 7 rings (SSSR count). The van der Waals surface area contributed by atoms with Crippen molar-refractivity contribution in [3.63, 3.8) is 0 Å². The molecule has 29 heavy (non-hydrogen) atoms. The molecule has 3 aromatic rings. The van der Waals surface area contributed by atoms with Gasteiger partial charge < -0.3 is 9.73 Å². The van der Waals surface area contributed by atoms with E-state index in [9.17, 15) is 4.79 Å². The number of amides is 1. The lowest BCUT2D eigenvalue weighted by atomic mass is 9.35. The Balaban J connectivity index is 1.22. The van der Waals surface area contributed by atoms with E-state index in [-0.39, 0.29) is 11.3 Å². The summed E-state index contributed by atoms with van der Waals surface area (Å²) in [4.78, 5) is 25.8. The third kappa shape index (κ3) is 2.49. The smallest absolute Gasteiger partial charge is 0.231 e. The average molecular weight is 406 g/mol. The molecule has 8 heteroatoms. The second kappa shape index (κ2) is 5.55. The van der Waals surface area contributed by atoms with E-state index in [4.69, 9.17) is 21.3 Å². The summed E-state index contributed by atoms with van der Waals surface area (Å²) in [6.07, 6.45) is 7.26. The number of hydrogen-bond donors (Lipinski definition) is 1. The van der Waals surface area contributed by atoms with Crippen molar-refractivity contribution in [2.45, 2.75) is 38.0 Å². The largest absolute Gasteiger partial charge is 0.440 e. The van der Waals surface area contributed by atoms with Crippen molar-refractivity contribution in [2.75, 3.05) is 5.32 Å². The van der Waals surface area contributed by atoms with Gasteiger partial charge in [-0.3, -0.25) is 9.78 Å². The summed E-state index contributed by atoms with van der Waals surface area (Å²) in [6.45, 7) is 0. The van der Waals surface area contributed by atoms with Crippen LogP contribution in [0.5, 0.6) is 0 Å². The number of benzene rings is 1. The molecule has 144 valence electrons. The highest BCUT2D eigenvalue weighted by Crippen LogP contribution is 2.73. The molecule has 4 aliphatic carbocycles. The monoisotopic (exact) mass is 405 g/mol. The Bertz CT molecular complexity index is 1200. The zero-order valence-corrected chi connectivity index (χ0v) is 16.2. The van der Waals surface area contributed by atoms with Gasteiger partial charge in [-0.25, -0.2) is 9.97 Å². The Morgan fingerprint density at radius 3 is 2.69 bits per heavy atom. The number of hydrogen-bond acceptors (Lipinski definition) is 6. The van der Waals surface area contributed by atoms with Gasteiger partial charge in [-0.05, 0) is 44.2 Å². The quantitative estimate of drug-likeness (QED) is 0.687. The Labute approximate surface area is 171 Å². The molecule has 1 aromatic carbocycles. The lowest BCUT2D eigenvalue weighted by Crippen LogP contribution is -2.66. The summed E-state index contributed by atoms with van der Waals surface area (Å²) < 4.78 is 5.87. The van der Waals surface area contributed by atoms with Crippen LogP contribution >= 0.6 is 11.6 Å². The lowest BCUT2D eigenvalue weighted by molar-refractivity contribution is -0.179. The van der Waals surface area contributed by atoms with Gasteiger partial charge in [0.15, 0.2) is 17.3 Å². The highest BCUT2D eigenvalue weighted by Gasteiger charge is 2.72. The SMILES string of the molecule is N#CC12CC(C(=O)Nc3cnc(-c4cc5oc(C6CC6)nc5cc4Cl)cn3)(C1)C2. The molecule has 2 aromatic heterocycles. The van der Waals surface area contributed by atoms with E-state index in [0.29, 0.717) is 52.9 Å². The number of halogens is 1. The minimum atomic E-state index is -0.393. The molecule has 1 N–H and O–H groups in total. The number of anilines is 1. The molecule has 4 saturated carbocycles. The number of carbonyl (C=O) groups is 1. The second-order valence-corrected chi connectivity index (χ2v) is 8.98. The summed E-state index contributed by atoms with van der Waals surface area (Å²) in [5.41, 5.74) is 2.07. The number of oxazole rings is 1. The maximum Gasteiger partial charge on any atom is 0.231 e. The summed E-state index contributed by atoms with van der Waals surface area (Å²) >= 11 is 6.44. The molecule has 0 spiro atoms. The molecule has 4 aliphatic rings. The van der Waals surface area contributed by atoms with Crippen molar-refractivity contribution in [1.82, 2.24) is 15.0 Å². The first-order valence-electron chi connectivity index (χ1n) is 9.64. The van der Waals surface area contributed by atoms with Crippen LogP contribution in [0, 0.1) is 22.2 Å². The molecule has 2 bridgehead atoms. The molecular weight excluding hydrogens is 390 g/mol. The number of fused-ring (bicyclic) bond motifs is 1. The number of nitrogens with one attached hydrogen (secondary N) is 1. The highest BCUT2D eigenvalue weighted by atomic mass is 35.5. The van der Waals surface area contributed by atoms with Crippen molar-refractivity contribution in [1.29, 1.82) is 5.26 Å². The molecule has 0 atom stereocenters. The number of rotatable bonds is 4. The Kier molecular flexibility index (Phi) is 3.24. The van der Waals surface area contributed by atoms with Gasteiger partial charge in [0.25, 0.3) is 0 Å². The predicted octanol–water partition coefficient (Wildman–Crippen LogP) is 4.45. The fourth-order valence-electron chi connectivity index (χ4n) is 4.60. The molecule has 7 nitrogen and oxygen atoms in total. The highest BCUT2D eigenvalue weighted by molar-refractivity contribution is 6.34. The topological polar surface area (TPSA) is 105 Å². The van der Waals surface area contributed by atoms with Gasteiger partial charge in [0.2, 0.25) is 5.91 Å². The molecule has 0 aliphatic heterocycles. The maximum absolute atomic E-state index is 12.5.